The molecule has 1 aliphatic rings. The van der Waals surface area contributed by atoms with Crippen molar-refractivity contribution in [2.24, 2.45) is 11.8 Å². The molecule has 0 saturated heterocycles. The van der Waals surface area contributed by atoms with Crippen molar-refractivity contribution < 1.29 is 9.84 Å². The lowest BCUT2D eigenvalue weighted by atomic mass is 9.73. The van der Waals surface area contributed by atoms with Crippen molar-refractivity contribution >= 4 is 0 Å². The fraction of sp³-hybridized carbons (Fsp3) is 1.00. The SMILES string of the molecule is CCC(C)C(O)C1(OC)CCC(C)CC1. The van der Waals surface area contributed by atoms with E-state index in [4.69, 9.17) is 4.74 Å². The minimum Gasteiger partial charge on any atom is -0.390 e. The van der Waals surface area contributed by atoms with E-state index < -0.39 is 0 Å². The van der Waals surface area contributed by atoms with Gasteiger partial charge in [-0.2, -0.15) is 0 Å². The normalized spacial score (nSPS) is 36.2. The Balaban J connectivity index is 2.67. The summed E-state index contributed by atoms with van der Waals surface area (Å²) < 4.78 is 5.66. The second-order valence-corrected chi connectivity index (χ2v) is 5.28. The van der Waals surface area contributed by atoms with Crippen LogP contribution in [0.15, 0.2) is 0 Å². The Kier molecular flexibility index (Phi) is 4.60. The maximum absolute atomic E-state index is 10.4. The Hall–Kier alpha value is -0.0800. The van der Waals surface area contributed by atoms with E-state index in [0.29, 0.717) is 5.92 Å². The van der Waals surface area contributed by atoms with Crippen molar-refractivity contribution in [2.75, 3.05) is 7.11 Å². The Morgan fingerprint density at radius 3 is 2.33 bits per heavy atom. The average Bonchev–Trinajstić information content (AvgIpc) is 2.28. The van der Waals surface area contributed by atoms with Crippen molar-refractivity contribution in [3.05, 3.63) is 0 Å². The van der Waals surface area contributed by atoms with Gasteiger partial charge in [-0.1, -0.05) is 27.2 Å². The zero-order valence-electron chi connectivity index (χ0n) is 10.6. The zero-order chi connectivity index (χ0) is 11.5. The van der Waals surface area contributed by atoms with E-state index >= 15 is 0 Å². The monoisotopic (exact) mass is 214 g/mol. The van der Waals surface area contributed by atoms with Crippen LogP contribution in [0.4, 0.5) is 0 Å². The molecule has 1 N–H and O–H groups in total. The molecular weight excluding hydrogens is 188 g/mol. The molecule has 0 bridgehead atoms. The number of hydrogen-bond donors (Lipinski definition) is 1. The van der Waals surface area contributed by atoms with E-state index in [2.05, 4.69) is 20.8 Å². The number of ether oxygens (including phenoxy) is 1. The van der Waals surface area contributed by atoms with Gasteiger partial charge in [-0.15, -0.1) is 0 Å². The van der Waals surface area contributed by atoms with Crippen LogP contribution in [-0.4, -0.2) is 23.9 Å². The summed E-state index contributed by atoms with van der Waals surface area (Å²) in [6, 6.07) is 0. The van der Waals surface area contributed by atoms with Crippen LogP contribution in [0.25, 0.3) is 0 Å². The van der Waals surface area contributed by atoms with Crippen LogP contribution < -0.4 is 0 Å². The van der Waals surface area contributed by atoms with Crippen LogP contribution in [0.3, 0.4) is 0 Å². The first kappa shape index (κ1) is 13.0. The van der Waals surface area contributed by atoms with Gasteiger partial charge in [0, 0.05) is 7.11 Å². The van der Waals surface area contributed by atoms with Crippen LogP contribution in [0.5, 0.6) is 0 Å². The van der Waals surface area contributed by atoms with Gasteiger partial charge in [0.2, 0.25) is 0 Å². The second kappa shape index (κ2) is 5.31. The fourth-order valence-corrected chi connectivity index (χ4v) is 2.61. The molecule has 1 aliphatic carbocycles. The minimum atomic E-state index is -0.306. The van der Waals surface area contributed by atoms with Gasteiger partial charge in [0.05, 0.1) is 11.7 Å². The molecule has 0 heterocycles. The van der Waals surface area contributed by atoms with E-state index in [-0.39, 0.29) is 11.7 Å². The van der Waals surface area contributed by atoms with Crippen LogP contribution in [0.2, 0.25) is 0 Å². The Morgan fingerprint density at radius 1 is 1.40 bits per heavy atom. The molecule has 0 aliphatic heterocycles. The number of methoxy groups -OCH3 is 1. The Bertz CT molecular complexity index is 183. The summed E-state index contributed by atoms with van der Waals surface area (Å²) in [6.07, 6.45) is 5.09. The molecule has 15 heavy (non-hydrogen) atoms. The molecule has 0 aromatic heterocycles. The fourth-order valence-electron chi connectivity index (χ4n) is 2.61. The average molecular weight is 214 g/mol. The molecular formula is C13H26O2. The number of aliphatic hydroxyl groups is 1. The van der Waals surface area contributed by atoms with Crippen LogP contribution in [-0.2, 0) is 4.74 Å². The largest absolute Gasteiger partial charge is 0.390 e. The van der Waals surface area contributed by atoms with Crippen molar-refractivity contribution in [2.45, 2.75) is 64.6 Å². The summed E-state index contributed by atoms with van der Waals surface area (Å²) in [4.78, 5) is 0. The van der Waals surface area contributed by atoms with Gasteiger partial charge >= 0.3 is 0 Å². The standard InChI is InChI=1S/C13H26O2/c1-5-11(3)12(14)13(15-4)8-6-10(2)7-9-13/h10-12,14H,5-9H2,1-4H3. The van der Waals surface area contributed by atoms with Crippen LogP contribution >= 0.6 is 0 Å². The third-order valence-corrected chi connectivity index (χ3v) is 4.25. The van der Waals surface area contributed by atoms with Crippen molar-refractivity contribution in [3.63, 3.8) is 0 Å². The number of rotatable bonds is 4. The molecule has 1 saturated carbocycles. The maximum Gasteiger partial charge on any atom is 0.0939 e. The number of hydrogen-bond acceptors (Lipinski definition) is 2. The summed E-state index contributed by atoms with van der Waals surface area (Å²) in [7, 11) is 1.75. The molecule has 0 aromatic carbocycles. The van der Waals surface area contributed by atoms with Gasteiger partial charge in [-0.25, -0.2) is 0 Å². The molecule has 1 rings (SSSR count). The van der Waals surface area contributed by atoms with Gasteiger partial charge in [-0.3, -0.25) is 0 Å². The summed E-state index contributed by atoms with van der Waals surface area (Å²) >= 11 is 0. The molecule has 2 heteroatoms. The van der Waals surface area contributed by atoms with Crippen molar-refractivity contribution in [1.82, 2.24) is 0 Å². The molecule has 0 spiro atoms. The molecule has 2 atom stereocenters. The number of aliphatic hydroxyl groups excluding tert-OH is 1. The van der Waals surface area contributed by atoms with Gasteiger partial charge in [-0.05, 0) is 37.5 Å². The van der Waals surface area contributed by atoms with E-state index in [1.54, 1.807) is 7.11 Å². The summed E-state index contributed by atoms with van der Waals surface area (Å²) in [5.41, 5.74) is -0.262. The Morgan fingerprint density at radius 2 is 1.93 bits per heavy atom. The zero-order valence-corrected chi connectivity index (χ0v) is 10.6. The Labute approximate surface area is 94.0 Å². The highest BCUT2D eigenvalue weighted by atomic mass is 16.5. The highest BCUT2D eigenvalue weighted by Crippen LogP contribution is 2.39. The van der Waals surface area contributed by atoms with E-state index in [1.165, 1.54) is 12.8 Å². The molecule has 0 aromatic rings. The third-order valence-electron chi connectivity index (χ3n) is 4.25. The van der Waals surface area contributed by atoms with Gasteiger partial charge in [0.15, 0.2) is 0 Å². The molecule has 0 radical (unpaired) electrons. The summed E-state index contributed by atoms with van der Waals surface area (Å²) in [5, 5.41) is 10.4. The summed E-state index contributed by atoms with van der Waals surface area (Å²) in [6.45, 7) is 6.53. The molecule has 0 amide bonds. The molecule has 1 fully saturated rings. The lowest BCUT2D eigenvalue weighted by molar-refractivity contribution is -0.144. The van der Waals surface area contributed by atoms with Gasteiger partial charge in [0.25, 0.3) is 0 Å². The van der Waals surface area contributed by atoms with Crippen LogP contribution in [0, 0.1) is 11.8 Å². The van der Waals surface area contributed by atoms with E-state index in [9.17, 15) is 5.11 Å². The lowest BCUT2D eigenvalue weighted by Gasteiger charge is -2.43. The van der Waals surface area contributed by atoms with E-state index in [0.717, 1.165) is 25.2 Å². The highest BCUT2D eigenvalue weighted by molar-refractivity contribution is 4.94. The van der Waals surface area contributed by atoms with Crippen molar-refractivity contribution in [3.8, 4) is 0 Å². The third kappa shape index (κ3) is 2.73. The molecule has 2 unspecified atom stereocenters. The topological polar surface area (TPSA) is 29.5 Å². The summed E-state index contributed by atoms with van der Waals surface area (Å²) in [5.74, 6) is 1.12. The first-order valence-corrected chi connectivity index (χ1v) is 6.29. The second-order valence-electron chi connectivity index (χ2n) is 5.28. The quantitative estimate of drug-likeness (QED) is 0.779. The lowest BCUT2D eigenvalue weighted by Crippen LogP contribution is -2.49. The van der Waals surface area contributed by atoms with Gasteiger partial charge < -0.3 is 9.84 Å². The predicted octanol–water partition coefficient (Wildman–Crippen LogP) is 2.99. The molecule has 90 valence electrons. The first-order valence-electron chi connectivity index (χ1n) is 6.29. The van der Waals surface area contributed by atoms with Crippen molar-refractivity contribution in [1.29, 1.82) is 0 Å². The first-order chi connectivity index (χ1) is 7.05. The van der Waals surface area contributed by atoms with E-state index in [1.807, 2.05) is 0 Å². The van der Waals surface area contributed by atoms with Crippen LogP contribution in [0.1, 0.15) is 52.9 Å². The predicted molar refractivity (Wildman–Crippen MR) is 62.8 cm³/mol. The van der Waals surface area contributed by atoms with Gasteiger partial charge in [0.1, 0.15) is 0 Å². The highest BCUT2D eigenvalue weighted by Gasteiger charge is 2.42. The minimum absolute atomic E-state index is 0.262. The molecule has 2 nitrogen and oxygen atoms in total. The smallest absolute Gasteiger partial charge is 0.0939 e. The maximum atomic E-state index is 10.4.